The van der Waals surface area contributed by atoms with E-state index in [-0.39, 0.29) is 24.2 Å². The molecule has 4 rings (SSSR count). The van der Waals surface area contributed by atoms with Gasteiger partial charge in [-0.25, -0.2) is 4.68 Å². The van der Waals surface area contributed by atoms with Crippen molar-refractivity contribution in [2.75, 3.05) is 0 Å². The molecule has 6 heteroatoms. The monoisotopic (exact) mass is 383 g/mol. The average molecular weight is 384 g/mol. The van der Waals surface area contributed by atoms with Crippen molar-refractivity contribution >= 4 is 27.5 Å². The number of aromatic nitrogens is 2. The number of hydrogen-bond acceptors (Lipinski definition) is 4. The van der Waals surface area contributed by atoms with Gasteiger partial charge < -0.3 is 10.1 Å². The first-order valence-electron chi connectivity index (χ1n) is 9.44. The Labute approximate surface area is 163 Å². The standard InChI is InChI=1S/C21H25N3O2S/c1-12-7-5-6-8-18(12)24-21-17(15(4)23-24)11-19(27-21)20(25)22-16-9-13(2)26-14(3)10-16/h5-8,11,13-14,16H,9-10H2,1-4H3,(H,22,25)/t13-,14-/m1/s1. The molecule has 0 bridgehead atoms. The molecule has 3 aromatic rings. The number of amides is 1. The molecule has 5 nitrogen and oxygen atoms in total. The molecule has 1 saturated heterocycles. The third-order valence-electron chi connectivity index (χ3n) is 5.14. The van der Waals surface area contributed by atoms with Crippen molar-refractivity contribution in [2.45, 2.75) is 58.8 Å². The highest BCUT2D eigenvalue weighted by atomic mass is 32.1. The van der Waals surface area contributed by atoms with Crippen LogP contribution in [0.15, 0.2) is 30.3 Å². The highest BCUT2D eigenvalue weighted by Crippen LogP contribution is 2.31. The molecule has 3 heterocycles. The Morgan fingerprint density at radius 3 is 2.63 bits per heavy atom. The van der Waals surface area contributed by atoms with Gasteiger partial charge in [0.1, 0.15) is 4.83 Å². The van der Waals surface area contributed by atoms with E-state index in [1.54, 1.807) is 0 Å². The lowest BCUT2D eigenvalue weighted by Gasteiger charge is -2.32. The number of rotatable bonds is 3. The van der Waals surface area contributed by atoms with Gasteiger partial charge in [-0.2, -0.15) is 5.10 Å². The van der Waals surface area contributed by atoms with Crippen molar-refractivity contribution in [1.29, 1.82) is 0 Å². The van der Waals surface area contributed by atoms with Crippen LogP contribution in [0.1, 0.15) is 47.6 Å². The van der Waals surface area contributed by atoms with E-state index >= 15 is 0 Å². The van der Waals surface area contributed by atoms with Crippen LogP contribution < -0.4 is 5.32 Å². The Balaban J connectivity index is 1.63. The second kappa shape index (κ2) is 7.09. The van der Waals surface area contributed by atoms with Gasteiger partial charge in [-0.15, -0.1) is 11.3 Å². The van der Waals surface area contributed by atoms with Gasteiger partial charge in [0, 0.05) is 11.4 Å². The number of carbonyl (C=O) groups excluding carboxylic acids is 1. The SMILES string of the molecule is Cc1ccccc1-n1nc(C)c2cc(C(=O)NC3C[C@@H](C)O[C@H](C)C3)sc21. The molecule has 1 N–H and O–H groups in total. The van der Waals surface area contributed by atoms with Crippen LogP contribution in [0.5, 0.6) is 0 Å². The molecule has 1 fully saturated rings. The van der Waals surface area contributed by atoms with E-state index in [0.29, 0.717) is 0 Å². The number of carbonyl (C=O) groups is 1. The molecule has 142 valence electrons. The van der Waals surface area contributed by atoms with Gasteiger partial charge in [-0.05, 0) is 58.2 Å². The van der Waals surface area contributed by atoms with Gasteiger partial charge in [-0.1, -0.05) is 18.2 Å². The summed E-state index contributed by atoms with van der Waals surface area (Å²) in [7, 11) is 0. The molecule has 1 aliphatic heterocycles. The predicted molar refractivity (Wildman–Crippen MR) is 109 cm³/mol. The minimum atomic E-state index is -0.00164. The highest BCUT2D eigenvalue weighted by Gasteiger charge is 2.27. The van der Waals surface area contributed by atoms with E-state index in [1.807, 2.05) is 29.8 Å². The first-order valence-corrected chi connectivity index (χ1v) is 10.3. The number of ether oxygens (including phenoxy) is 1. The van der Waals surface area contributed by atoms with Crippen LogP contribution in [-0.4, -0.2) is 33.9 Å². The summed E-state index contributed by atoms with van der Waals surface area (Å²) in [4.78, 5) is 14.6. The van der Waals surface area contributed by atoms with E-state index in [4.69, 9.17) is 9.84 Å². The van der Waals surface area contributed by atoms with E-state index < -0.39 is 0 Å². The lowest BCUT2D eigenvalue weighted by molar-refractivity contribution is -0.0407. The second-order valence-electron chi connectivity index (χ2n) is 7.51. The number of aryl methyl sites for hydroxylation is 2. The number of benzene rings is 1. The van der Waals surface area contributed by atoms with E-state index in [9.17, 15) is 4.79 Å². The lowest BCUT2D eigenvalue weighted by atomic mass is 10.00. The van der Waals surface area contributed by atoms with Crippen molar-refractivity contribution in [3.63, 3.8) is 0 Å². The molecule has 0 unspecified atom stereocenters. The van der Waals surface area contributed by atoms with Crippen LogP contribution in [0.2, 0.25) is 0 Å². The van der Waals surface area contributed by atoms with Crippen molar-refractivity contribution < 1.29 is 9.53 Å². The van der Waals surface area contributed by atoms with E-state index in [0.717, 1.165) is 44.9 Å². The minimum absolute atomic E-state index is 0.00164. The molecule has 0 saturated carbocycles. The van der Waals surface area contributed by atoms with Crippen LogP contribution in [0, 0.1) is 13.8 Å². The maximum absolute atomic E-state index is 12.8. The van der Waals surface area contributed by atoms with Crippen molar-refractivity contribution in [3.8, 4) is 5.69 Å². The summed E-state index contributed by atoms with van der Waals surface area (Å²) in [6.07, 6.45) is 2.07. The zero-order chi connectivity index (χ0) is 19.1. The number of nitrogens with zero attached hydrogens (tertiary/aromatic N) is 2. The number of fused-ring (bicyclic) bond motifs is 1. The highest BCUT2D eigenvalue weighted by molar-refractivity contribution is 7.20. The van der Waals surface area contributed by atoms with E-state index in [2.05, 4.69) is 38.2 Å². The molecule has 0 spiro atoms. The van der Waals surface area contributed by atoms with Gasteiger partial charge in [-0.3, -0.25) is 4.79 Å². The predicted octanol–water partition coefficient (Wildman–Crippen LogP) is 4.39. The Morgan fingerprint density at radius 2 is 1.93 bits per heavy atom. The van der Waals surface area contributed by atoms with Crippen molar-refractivity contribution in [1.82, 2.24) is 15.1 Å². The molecule has 2 atom stereocenters. The normalized spacial score (nSPS) is 22.9. The summed E-state index contributed by atoms with van der Waals surface area (Å²) < 4.78 is 7.73. The first kappa shape index (κ1) is 18.2. The maximum Gasteiger partial charge on any atom is 0.261 e. The molecule has 27 heavy (non-hydrogen) atoms. The molecule has 1 amide bonds. The number of hydrogen-bond donors (Lipinski definition) is 1. The second-order valence-corrected chi connectivity index (χ2v) is 8.54. The quantitative estimate of drug-likeness (QED) is 0.730. The largest absolute Gasteiger partial charge is 0.375 e. The summed E-state index contributed by atoms with van der Waals surface area (Å²) in [6.45, 7) is 8.20. The van der Waals surface area contributed by atoms with Gasteiger partial charge in [0.2, 0.25) is 0 Å². The van der Waals surface area contributed by atoms with Crippen molar-refractivity contribution in [3.05, 3.63) is 46.5 Å². The maximum atomic E-state index is 12.8. The van der Waals surface area contributed by atoms with Gasteiger partial charge >= 0.3 is 0 Å². The number of para-hydroxylation sites is 1. The lowest BCUT2D eigenvalue weighted by Crippen LogP contribution is -2.43. The molecule has 2 aromatic heterocycles. The molecule has 1 aromatic carbocycles. The Hall–Kier alpha value is -2.18. The molecular weight excluding hydrogens is 358 g/mol. The topological polar surface area (TPSA) is 56.2 Å². The van der Waals surface area contributed by atoms with Gasteiger partial charge in [0.05, 0.1) is 28.5 Å². The van der Waals surface area contributed by atoms with Gasteiger partial charge in [0.25, 0.3) is 5.91 Å². The van der Waals surface area contributed by atoms with Crippen LogP contribution in [-0.2, 0) is 4.74 Å². The Morgan fingerprint density at radius 1 is 1.22 bits per heavy atom. The minimum Gasteiger partial charge on any atom is -0.375 e. The Kier molecular flexibility index (Phi) is 4.78. The zero-order valence-corrected chi connectivity index (χ0v) is 17.0. The summed E-state index contributed by atoms with van der Waals surface area (Å²) in [5, 5.41) is 8.94. The number of nitrogens with one attached hydrogen (secondary N) is 1. The molecule has 1 aliphatic rings. The third kappa shape index (κ3) is 3.51. The summed E-state index contributed by atoms with van der Waals surface area (Å²) in [5.41, 5.74) is 3.15. The Bertz CT molecular complexity index is 981. The fourth-order valence-electron chi connectivity index (χ4n) is 3.90. The van der Waals surface area contributed by atoms with Crippen LogP contribution in [0.25, 0.3) is 15.9 Å². The van der Waals surface area contributed by atoms with Crippen LogP contribution in [0.3, 0.4) is 0 Å². The van der Waals surface area contributed by atoms with E-state index in [1.165, 1.54) is 11.3 Å². The smallest absolute Gasteiger partial charge is 0.261 e. The number of thiophene rings is 1. The average Bonchev–Trinajstić information content (AvgIpc) is 3.16. The molecular formula is C21H25N3O2S. The molecule has 0 radical (unpaired) electrons. The fraction of sp³-hybridized carbons (Fsp3) is 0.429. The first-order chi connectivity index (χ1) is 12.9. The van der Waals surface area contributed by atoms with Gasteiger partial charge in [0.15, 0.2) is 0 Å². The summed E-state index contributed by atoms with van der Waals surface area (Å²) in [5.74, 6) is -0.00164. The fourth-order valence-corrected chi connectivity index (χ4v) is 4.98. The zero-order valence-electron chi connectivity index (χ0n) is 16.2. The van der Waals surface area contributed by atoms with Crippen LogP contribution in [0.4, 0.5) is 0 Å². The van der Waals surface area contributed by atoms with Crippen LogP contribution >= 0.6 is 11.3 Å². The third-order valence-corrected chi connectivity index (χ3v) is 6.25. The summed E-state index contributed by atoms with van der Waals surface area (Å²) >= 11 is 1.50. The van der Waals surface area contributed by atoms with Crippen molar-refractivity contribution in [2.24, 2.45) is 0 Å². The molecule has 0 aliphatic carbocycles. The summed E-state index contributed by atoms with van der Waals surface area (Å²) in [6, 6.07) is 10.3.